The first-order valence-corrected chi connectivity index (χ1v) is 5.38. The lowest BCUT2D eigenvalue weighted by Crippen LogP contribution is -2.20. The number of hydrogen-bond acceptors (Lipinski definition) is 3. The fourth-order valence-corrected chi connectivity index (χ4v) is 1.89. The first-order chi connectivity index (χ1) is 8.70. The van der Waals surface area contributed by atoms with Crippen molar-refractivity contribution in [3.63, 3.8) is 0 Å². The zero-order chi connectivity index (χ0) is 13.1. The van der Waals surface area contributed by atoms with E-state index in [2.05, 4.69) is 5.32 Å². The molecule has 0 bridgehead atoms. The summed E-state index contributed by atoms with van der Waals surface area (Å²) in [6, 6.07) is 9.00. The summed E-state index contributed by atoms with van der Waals surface area (Å²) in [6.45, 7) is -0.332. The number of nitrogens with one attached hydrogen (secondary N) is 1. The third-order valence-corrected chi connectivity index (χ3v) is 2.74. The summed E-state index contributed by atoms with van der Waals surface area (Å²) in [4.78, 5) is 22.7. The van der Waals surface area contributed by atoms with Crippen LogP contribution in [-0.2, 0) is 18.4 Å². The van der Waals surface area contributed by atoms with Crippen LogP contribution in [0.3, 0.4) is 0 Å². The van der Waals surface area contributed by atoms with Gasteiger partial charge in [0, 0.05) is 7.05 Å². The third kappa shape index (κ3) is 1.82. The van der Waals surface area contributed by atoms with E-state index in [0.29, 0.717) is 17.8 Å². The van der Waals surface area contributed by atoms with E-state index in [9.17, 15) is 14.7 Å². The summed E-state index contributed by atoms with van der Waals surface area (Å²) in [6.07, 6.45) is 0.422. The Labute approximate surface area is 103 Å². The Morgan fingerprint density at radius 2 is 2.00 bits per heavy atom. The van der Waals surface area contributed by atoms with E-state index >= 15 is 0 Å². The van der Waals surface area contributed by atoms with Gasteiger partial charge in [0.05, 0.1) is 18.0 Å². The normalized spacial score (nSPS) is 10.3. The van der Waals surface area contributed by atoms with Crippen molar-refractivity contribution in [1.82, 2.24) is 9.36 Å². The molecule has 0 aliphatic carbocycles. The molecule has 2 aromatic rings. The topological polar surface area (TPSA) is 76.3 Å². The predicted octanol–water partition coefficient (Wildman–Crippen LogP) is 0.237. The maximum Gasteiger partial charge on any atom is 0.295 e. The predicted molar refractivity (Wildman–Crippen MR) is 66.6 cm³/mol. The minimum absolute atomic E-state index is 0.0962. The Kier molecular flexibility index (Phi) is 3.29. The molecule has 0 aliphatic heterocycles. The van der Waals surface area contributed by atoms with Crippen LogP contribution in [0.25, 0.3) is 5.69 Å². The average Bonchev–Trinajstić information content (AvgIpc) is 2.62. The second-order valence-electron chi connectivity index (χ2n) is 3.72. The molecular formula is C12H13N3O3. The third-order valence-electron chi connectivity index (χ3n) is 2.74. The van der Waals surface area contributed by atoms with Crippen molar-refractivity contribution in [1.29, 1.82) is 0 Å². The number of rotatable bonds is 4. The van der Waals surface area contributed by atoms with Gasteiger partial charge in [0.15, 0.2) is 0 Å². The Hall–Kier alpha value is -2.34. The molecule has 0 unspecified atom stereocenters. The molecule has 1 aromatic carbocycles. The number of benzene rings is 1. The molecule has 0 fully saturated rings. The van der Waals surface area contributed by atoms with Crippen molar-refractivity contribution in [2.24, 2.45) is 7.05 Å². The highest BCUT2D eigenvalue weighted by Gasteiger charge is 2.17. The summed E-state index contributed by atoms with van der Waals surface area (Å²) in [5.74, 6) is 0. The van der Waals surface area contributed by atoms with Crippen molar-refractivity contribution in [3.8, 4) is 5.69 Å². The van der Waals surface area contributed by atoms with Crippen molar-refractivity contribution in [3.05, 3.63) is 46.4 Å². The molecule has 2 rings (SSSR count). The molecule has 0 saturated heterocycles. The maximum atomic E-state index is 12.2. The second kappa shape index (κ2) is 4.89. The van der Waals surface area contributed by atoms with Gasteiger partial charge in [0.1, 0.15) is 5.69 Å². The number of para-hydroxylation sites is 1. The monoisotopic (exact) mass is 247 g/mol. The lowest BCUT2D eigenvalue weighted by molar-refractivity contribution is -0.105. The van der Waals surface area contributed by atoms with E-state index in [-0.39, 0.29) is 17.9 Å². The highest BCUT2D eigenvalue weighted by atomic mass is 16.3. The highest BCUT2D eigenvalue weighted by Crippen LogP contribution is 2.14. The largest absolute Gasteiger partial charge is 0.390 e. The van der Waals surface area contributed by atoms with Gasteiger partial charge in [0.25, 0.3) is 5.56 Å². The highest BCUT2D eigenvalue weighted by molar-refractivity contribution is 5.72. The average molecular weight is 247 g/mol. The van der Waals surface area contributed by atoms with Gasteiger partial charge < -0.3 is 10.4 Å². The van der Waals surface area contributed by atoms with Crippen molar-refractivity contribution >= 4 is 12.1 Å². The van der Waals surface area contributed by atoms with E-state index in [4.69, 9.17) is 0 Å². The van der Waals surface area contributed by atoms with Crippen LogP contribution < -0.4 is 10.9 Å². The van der Waals surface area contributed by atoms with Crippen LogP contribution in [0.15, 0.2) is 35.1 Å². The van der Waals surface area contributed by atoms with Gasteiger partial charge in [-0.25, -0.2) is 4.68 Å². The second-order valence-corrected chi connectivity index (χ2v) is 3.72. The molecule has 0 aliphatic rings. The van der Waals surface area contributed by atoms with Crippen molar-refractivity contribution < 1.29 is 9.90 Å². The Morgan fingerprint density at radius 1 is 1.33 bits per heavy atom. The fraction of sp³-hybridized carbons (Fsp3) is 0.167. The van der Waals surface area contributed by atoms with E-state index in [0.717, 1.165) is 0 Å². The van der Waals surface area contributed by atoms with Gasteiger partial charge in [-0.2, -0.15) is 0 Å². The summed E-state index contributed by atoms with van der Waals surface area (Å²) in [5.41, 5.74) is 0.744. The lowest BCUT2D eigenvalue weighted by atomic mass is 10.3. The summed E-state index contributed by atoms with van der Waals surface area (Å²) in [7, 11) is 1.65. The first-order valence-electron chi connectivity index (χ1n) is 5.38. The van der Waals surface area contributed by atoms with Crippen LogP contribution in [0.4, 0.5) is 5.69 Å². The molecule has 6 nitrogen and oxygen atoms in total. The van der Waals surface area contributed by atoms with E-state index in [1.165, 1.54) is 9.36 Å². The van der Waals surface area contributed by atoms with Gasteiger partial charge >= 0.3 is 0 Å². The van der Waals surface area contributed by atoms with Crippen molar-refractivity contribution in [2.75, 3.05) is 5.32 Å². The number of carbonyl (C=O) groups excluding carboxylic acids is 1. The SMILES string of the molecule is Cn1c(CO)c(NC=O)c(=O)n1-c1ccccc1. The Balaban J connectivity index is 2.70. The number of carbonyl (C=O) groups is 1. The number of aliphatic hydroxyl groups excluding tert-OH is 1. The Bertz CT molecular complexity index is 613. The number of hydrogen-bond donors (Lipinski definition) is 2. The number of nitrogens with zero attached hydrogens (tertiary/aromatic N) is 2. The van der Waals surface area contributed by atoms with Crippen LogP contribution in [0, 0.1) is 0 Å². The molecule has 1 heterocycles. The zero-order valence-electron chi connectivity index (χ0n) is 9.83. The van der Waals surface area contributed by atoms with Gasteiger partial charge in [-0.1, -0.05) is 18.2 Å². The van der Waals surface area contributed by atoms with Crippen LogP contribution >= 0.6 is 0 Å². The number of aliphatic hydroxyl groups is 1. The first kappa shape index (κ1) is 12.1. The molecule has 0 saturated carbocycles. The summed E-state index contributed by atoms with van der Waals surface area (Å²) in [5, 5.41) is 11.6. The molecule has 1 aromatic heterocycles. The standard InChI is InChI=1S/C12H13N3O3/c1-14-10(7-16)11(13-8-17)12(18)15(14)9-5-3-2-4-6-9/h2-6,8,16H,7H2,1H3,(H,13,17). The molecule has 18 heavy (non-hydrogen) atoms. The molecule has 94 valence electrons. The van der Waals surface area contributed by atoms with Crippen molar-refractivity contribution in [2.45, 2.75) is 6.61 Å². The molecule has 0 radical (unpaired) electrons. The molecule has 1 amide bonds. The van der Waals surface area contributed by atoms with Gasteiger partial charge in [-0.05, 0) is 12.1 Å². The van der Waals surface area contributed by atoms with Gasteiger partial charge in [-0.15, -0.1) is 0 Å². The van der Waals surface area contributed by atoms with Gasteiger partial charge in [0.2, 0.25) is 6.41 Å². The van der Waals surface area contributed by atoms with Crippen LogP contribution in [0.2, 0.25) is 0 Å². The Morgan fingerprint density at radius 3 is 2.56 bits per heavy atom. The van der Waals surface area contributed by atoms with Gasteiger partial charge in [-0.3, -0.25) is 14.3 Å². The lowest BCUT2D eigenvalue weighted by Gasteiger charge is -2.08. The van der Waals surface area contributed by atoms with E-state index in [1.807, 2.05) is 6.07 Å². The van der Waals surface area contributed by atoms with Crippen LogP contribution in [0.5, 0.6) is 0 Å². The minimum atomic E-state index is -0.375. The smallest absolute Gasteiger partial charge is 0.295 e. The van der Waals surface area contributed by atoms with E-state index in [1.54, 1.807) is 31.3 Å². The quantitative estimate of drug-likeness (QED) is 0.760. The zero-order valence-corrected chi connectivity index (χ0v) is 9.83. The number of aromatic nitrogens is 2. The minimum Gasteiger partial charge on any atom is -0.390 e. The van der Waals surface area contributed by atoms with E-state index < -0.39 is 0 Å². The molecule has 0 atom stereocenters. The fourth-order valence-electron chi connectivity index (χ4n) is 1.89. The molecule has 6 heteroatoms. The molecule has 2 N–H and O–H groups in total. The molecular weight excluding hydrogens is 234 g/mol. The summed E-state index contributed by atoms with van der Waals surface area (Å²) >= 11 is 0. The number of anilines is 1. The maximum absolute atomic E-state index is 12.2. The van der Waals surface area contributed by atoms with Crippen LogP contribution in [0.1, 0.15) is 5.69 Å². The van der Waals surface area contributed by atoms with Crippen LogP contribution in [-0.4, -0.2) is 20.9 Å². The molecule has 0 spiro atoms. The number of amides is 1. The summed E-state index contributed by atoms with van der Waals surface area (Å²) < 4.78 is 2.90.